The van der Waals surface area contributed by atoms with Crippen LogP contribution in [0.25, 0.3) is 10.6 Å². The zero-order valence-corrected chi connectivity index (χ0v) is 17.2. The molecule has 1 atom stereocenters. The number of nitrogens with zero attached hydrogens (tertiary/aromatic N) is 1. The van der Waals surface area contributed by atoms with E-state index in [0.717, 1.165) is 33.9 Å². The topological polar surface area (TPSA) is 84.1 Å². The summed E-state index contributed by atoms with van der Waals surface area (Å²) in [6.07, 6.45) is 2.92. The zero-order chi connectivity index (χ0) is 20.1. The number of thiophene rings is 1. The first-order valence-electron chi connectivity index (χ1n) is 9.22. The Kier molecular flexibility index (Phi) is 4.50. The molecule has 2 aliphatic rings. The van der Waals surface area contributed by atoms with E-state index in [2.05, 4.69) is 29.4 Å². The number of carbonyl (C=O) groups is 2. The Hall–Kier alpha value is -2.67. The molecule has 0 radical (unpaired) electrons. The van der Waals surface area contributed by atoms with Crippen LogP contribution < -0.4 is 5.32 Å². The molecule has 28 heavy (non-hydrogen) atoms. The van der Waals surface area contributed by atoms with Gasteiger partial charge in [-0.25, -0.2) is 4.79 Å². The highest BCUT2D eigenvalue weighted by Crippen LogP contribution is 2.48. The van der Waals surface area contributed by atoms with E-state index in [4.69, 9.17) is 4.74 Å². The van der Waals surface area contributed by atoms with E-state index in [1.54, 1.807) is 17.5 Å². The van der Waals surface area contributed by atoms with Crippen LogP contribution in [-0.4, -0.2) is 29.1 Å². The highest BCUT2D eigenvalue weighted by atomic mass is 32.1. The Labute approximate surface area is 167 Å². The molecule has 3 heterocycles. The third-order valence-electron chi connectivity index (χ3n) is 5.39. The average Bonchev–Trinajstić information content (AvgIpc) is 3.29. The third kappa shape index (κ3) is 2.99. The number of methoxy groups -OCH3 is 1. The molecule has 1 unspecified atom stereocenters. The highest BCUT2D eigenvalue weighted by Gasteiger charge is 2.44. The standard InChI is InChI=1S/C21H23N3O3S/c1-11-16(20(26)27-4)17(12-10-22-24-19(12)15-6-5-7-28-15)18-13(23-11)8-21(2,3)9-14(18)25/h5-7,10,17,23H,8-9H2,1-4H3,(H,22,24). The smallest absolute Gasteiger partial charge is 0.336 e. The molecule has 0 saturated heterocycles. The van der Waals surface area contributed by atoms with Crippen LogP contribution in [0.5, 0.6) is 0 Å². The van der Waals surface area contributed by atoms with Crippen LogP contribution >= 0.6 is 11.3 Å². The molecule has 0 fully saturated rings. The Balaban J connectivity index is 1.93. The number of rotatable bonds is 3. The molecule has 0 bridgehead atoms. The Morgan fingerprint density at radius 2 is 2.14 bits per heavy atom. The van der Waals surface area contributed by atoms with E-state index in [-0.39, 0.29) is 11.2 Å². The molecular formula is C21H23N3O3S. The van der Waals surface area contributed by atoms with Gasteiger partial charge in [-0.05, 0) is 30.2 Å². The number of ether oxygens (including phenoxy) is 1. The maximum absolute atomic E-state index is 13.2. The molecule has 2 aromatic heterocycles. The van der Waals surface area contributed by atoms with E-state index >= 15 is 0 Å². The number of esters is 1. The first-order valence-corrected chi connectivity index (χ1v) is 10.1. The molecule has 0 amide bonds. The van der Waals surface area contributed by atoms with Gasteiger partial charge in [-0.2, -0.15) is 5.10 Å². The fourth-order valence-electron chi connectivity index (χ4n) is 4.26. The predicted octanol–water partition coefficient (Wildman–Crippen LogP) is 3.92. The van der Waals surface area contributed by atoms with E-state index in [0.29, 0.717) is 17.6 Å². The van der Waals surface area contributed by atoms with Crippen molar-refractivity contribution in [3.05, 3.63) is 51.8 Å². The van der Waals surface area contributed by atoms with Gasteiger partial charge in [0.05, 0.1) is 35.4 Å². The van der Waals surface area contributed by atoms with Crippen LogP contribution in [0.4, 0.5) is 0 Å². The normalized spacial score (nSPS) is 21.4. The number of aromatic nitrogens is 2. The third-order valence-corrected chi connectivity index (χ3v) is 6.28. The number of carbonyl (C=O) groups excluding carboxylic acids is 2. The van der Waals surface area contributed by atoms with E-state index in [1.165, 1.54) is 7.11 Å². The van der Waals surface area contributed by atoms with E-state index < -0.39 is 11.9 Å². The molecule has 7 heteroatoms. The van der Waals surface area contributed by atoms with Crippen LogP contribution in [0, 0.1) is 5.41 Å². The molecule has 2 aromatic rings. The maximum Gasteiger partial charge on any atom is 0.336 e. The first-order chi connectivity index (χ1) is 13.3. The summed E-state index contributed by atoms with van der Waals surface area (Å²) in [4.78, 5) is 26.9. The second kappa shape index (κ2) is 6.74. The van der Waals surface area contributed by atoms with Crippen molar-refractivity contribution < 1.29 is 14.3 Å². The SMILES string of the molecule is COC(=O)C1=C(C)NC2=C(C(=O)CC(C)(C)C2)C1c1cn[nH]c1-c1cccs1. The Morgan fingerprint density at radius 3 is 2.82 bits per heavy atom. The summed E-state index contributed by atoms with van der Waals surface area (Å²) in [5.41, 5.74) is 4.28. The number of dihydropyridines is 1. The highest BCUT2D eigenvalue weighted by molar-refractivity contribution is 7.13. The van der Waals surface area contributed by atoms with Gasteiger partial charge in [0, 0.05) is 29.0 Å². The Bertz CT molecular complexity index is 1010. The van der Waals surface area contributed by atoms with Crippen LogP contribution in [-0.2, 0) is 14.3 Å². The van der Waals surface area contributed by atoms with Gasteiger partial charge in [-0.15, -0.1) is 11.3 Å². The minimum Gasteiger partial charge on any atom is -0.466 e. The van der Waals surface area contributed by atoms with Crippen molar-refractivity contribution in [1.29, 1.82) is 0 Å². The lowest BCUT2D eigenvalue weighted by Crippen LogP contribution is -2.38. The average molecular weight is 398 g/mol. The van der Waals surface area contributed by atoms with Crippen LogP contribution in [0.1, 0.15) is 45.1 Å². The molecule has 146 valence electrons. The molecule has 4 rings (SSSR count). The molecule has 2 N–H and O–H groups in total. The van der Waals surface area contributed by atoms with E-state index in [1.807, 2.05) is 24.4 Å². The minimum absolute atomic E-state index is 0.0657. The maximum atomic E-state index is 13.2. The number of aromatic amines is 1. The number of ketones is 1. The molecular weight excluding hydrogens is 374 g/mol. The second-order valence-corrected chi connectivity index (χ2v) is 9.05. The number of nitrogens with one attached hydrogen (secondary N) is 2. The van der Waals surface area contributed by atoms with Gasteiger partial charge in [-0.1, -0.05) is 19.9 Å². The number of allylic oxidation sites excluding steroid dienone is 3. The van der Waals surface area contributed by atoms with Crippen molar-refractivity contribution in [2.75, 3.05) is 7.11 Å². The van der Waals surface area contributed by atoms with E-state index in [9.17, 15) is 9.59 Å². The van der Waals surface area contributed by atoms with Gasteiger partial charge < -0.3 is 10.1 Å². The number of H-pyrrole nitrogens is 1. The van der Waals surface area contributed by atoms with Gasteiger partial charge >= 0.3 is 5.97 Å². The largest absolute Gasteiger partial charge is 0.466 e. The van der Waals surface area contributed by atoms with Gasteiger partial charge in [-0.3, -0.25) is 9.89 Å². The van der Waals surface area contributed by atoms with Gasteiger partial charge in [0.2, 0.25) is 0 Å². The molecule has 1 aliphatic carbocycles. The molecule has 0 aromatic carbocycles. The van der Waals surface area contributed by atoms with Crippen molar-refractivity contribution >= 4 is 23.1 Å². The number of hydrogen-bond acceptors (Lipinski definition) is 6. The van der Waals surface area contributed by atoms with Crippen molar-refractivity contribution in [3.63, 3.8) is 0 Å². The molecule has 6 nitrogen and oxygen atoms in total. The van der Waals surface area contributed by atoms with Crippen molar-refractivity contribution in [1.82, 2.24) is 15.5 Å². The van der Waals surface area contributed by atoms with Crippen LogP contribution in [0.3, 0.4) is 0 Å². The zero-order valence-electron chi connectivity index (χ0n) is 16.4. The van der Waals surface area contributed by atoms with Gasteiger partial charge in [0.1, 0.15) is 0 Å². The summed E-state index contributed by atoms with van der Waals surface area (Å²) in [6.45, 7) is 6.05. The van der Waals surface area contributed by atoms with Crippen molar-refractivity contribution in [2.45, 2.75) is 39.5 Å². The summed E-state index contributed by atoms with van der Waals surface area (Å²) in [7, 11) is 1.37. The van der Waals surface area contributed by atoms with Gasteiger partial charge in [0.25, 0.3) is 0 Å². The van der Waals surface area contributed by atoms with Crippen molar-refractivity contribution in [2.24, 2.45) is 5.41 Å². The lowest BCUT2D eigenvalue weighted by molar-refractivity contribution is -0.136. The molecule has 0 spiro atoms. The Morgan fingerprint density at radius 1 is 1.36 bits per heavy atom. The minimum atomic E-state index is -0.497. The number of Topliss-reactive ketones (excluding diaryl/α,β-unsaturated/α-hetero) is 1. The fraction of sp³-hybridized carbons (Fsp3) is 0.381. The summed E-state index contributed by atoms with van der Waals surface area (Å²) in [5, 5.41) is 12.6. The van der Waals surface area contributed by atoms with Crippen LogP contribution in [0.15, 0.2) is 46.2 Å². The summed E-state index contributed by atoms with van der Waals surface area (Å²) in [6, 6.07) is 3.96. The monoisotopic (exact) mass is 397 g/mol. The predicted molar refractivity (Wildman–Crippen MR) is 108 cm³/mol. The summed E-state index contributed by atoms with van der Waals surface area (Å²) >= 11 is 1.58. The first kappa shape index (κ1) is 18.7. The quantitative estimate of drug-likeness (QED) is 0.767. The van der Waals surface area contributed by atoms with Gasteiger partial charge in [0.15, 0.2) is 5.78 Å². The van der Waals surface area contributed by atoms with Crippen molar-refractivity contribution in [3.8, 4) is 10.6 Å². The van der Waals surface area contributed by atoms with Crippen LogP contribution in [0.2, 0.25) is 0 Å². The lowest BCUT2D eigenvalue weighted by atomic mass is 9.68. The summed E-state index contributed by atoms with van der Waals surface area (Å²) in [5.74, 6) is -0.864. The number of hydrogen-bond donors (Lipinski definition) is 2. The fourth-order valence-corrected chi connectivity index (χ4v) is 5.00. The lowest BCUT2D eigenvalue weighted by Gasteiger charge is -2.39. The molecule has 0 saturated carbocycles. The summed E-state index contributed by atoms with van der Waals surface area (Å²) < 4.78 is 5.08. The second-order valence-electron chi connectivity index (χ2n) is 8.10. The molecule has 1 aliphatic heterocycles.